The predicted molar refractivity (Wildman–Crippen MR) is 75.8 cm³/mol. The Kier molecular flexibility index (Phi) is 5.05. The zero-order valence-corrected chi connectivity index (χ0v) is 12.0. The lowest BCUT2D eigenvalue weighted by atomic mass is 10.1. The van der Waals surface area contributed by atoms with E-state index in [1.54, 1.807) is 6.07 Å². The molecule has 0 bridgehead atoms. The average molecular weight is 278 g/mol. The minimum Gasteiger partial charge on any atom is -0.376 e. The Morgan fingerprint density at radius 2 is 2.40 bits per heavy atom. The SMILES string of the molecule is CCC1COC(C)CN1Cc1cccc(C(=O)NN)n1. The molecule has 110 valence electrons. The van der Waals surface area contributed by atoms with Crippen LogP contribution in [0.5, 0.6) is 0 Å². The first kappa shape index (κ1) is 14.9. The van der Waals surface area contributed by atoms with Crippen LogP contribution in [0.3, 0.4) is 0 Å². The Balaban J connectivity index is 2.09. The van der Waals surface area contributed by atoms with Gasteiger partial charge in [-0.15, -0.1) is 0 Å². The van der Waals surface area contributed by atoms with Crippen LogP contribution < -0.4 is 11.3 Å². The highest BCUT2D eigenvalue weighted by Gasteiger charge is 2.25. The maximum atomic E-state index is 11.5. The number of hydrogen-bond acceptors (Lipinski definition) is 5. The first-order valence-corrected chi connectivity index (χ1v) is 6.96. The number of carbonyl (C=O) groups excluding carboxylic acids is 1. The Hall–Kier alpha value is -1.50. The van der Waals surface area contributed by atoms with Crippen molar-refractivity contribution in [1.82, 2.24) is 15.3 Å². The molecular weight excluding hydrogens is 256 g/mol. The quantitative estimate of drug-likeness (QED) is 0.481. The molecule has 2 unspecified atom stereocenters. The predicted octanol–water partition coefficient (Wildman–Crippen LogP) is 0.684. The van der Waals surface area contributed by atoms with Crippen LogP contribution in [0.25, 0.3) is 0 Å². The van der Waals surface area contributed by atoms with Crippen LogP contribution >= 0.6 is 0 Å². The van der Waals surface area contributed by atoms with Crippen molar-refractivity contribution in [1.29, 1.82) is 0 Å². The van der Waals surface area contributed by atoms with Crippen molar-refractivity contribution in [2.24, 2.45) is 5.84 Å². The van der Waals surface area contributed by atoms with Crippen molar-refractivity contribution in [2.75, 3.05) is 13.2 Å². The lowest BCUT2D eigenvalue weighted by molar-refractivity contribution is -0.0596. The summed E-state index contributed by atoms with van der Waals surface area (Å²) in [6.07, 6.45) is 1.27. The van der Waals surface area contributed by atoms with Gasteiger partial charge in [0.05, 0.1) is 18.4 Å². The van der Waals surface area contributed by atoms with Crippen molar-refractivity contribution in [3.63, 3.8) is 0 Å². The molecule has 1 aliphatic heterocycles. The molecule has 1 aromatic rings. The zero-order chi connectivity index (χ0) is 14.5. The number of aromatic nitrogens is 1. The number of nitrogen functional groups attached to an aromatic ring is 1. The molecule has 2 rings (SSSR count). The molecule has 6 heteroatoms. The van der Waals surface area contributed by atoms with Gasteiger partial charge >= 0.3 is 0 Å². The van der Waals surface area contributed by atoms with E-state index < -0.39 is 0 Å². The molecule has 2 atom stereocenters. The molecule has 20 heavy (non-hydrogen) atoms. The fourth-order valence-corrected chi connectivity index (χ4v) is 2.46. The summed E-state index contributed by atoms with van der Waals surface area (Å²) in [5.41, 5.74) is 3.32. The number of amides is 1. The van der Waals surface area contributed by atoms with E-state index in [1.807, 2.05) is 12.1 Å². The second-order valence-corrected chi connectivity index (χ2v) is 5.12. The normalized spacial score (nSPS) is 23.6. The monoisotopic (exact) mass is 278 g/mol. The van der Waals surface area contributed by atoms with Gasteiger partial charge in [0.2, 0.25) is 0 Å². The van der Waals surface area contributed by atoms with Gasteiger partial charge in [0.15, 0.2) is 0 Å². The van der Waals surface area contributed by atoms with Gasteiger partial charge < -0.3 is 4.74 Å². The van der Waals surface area contributed by atoms with Gasteiger partial charge in [0.1, 0.15) is 5.69 Å². The third-order valence-corrected chi connectivity index (χ3v) is 3.59. The van der Waals surface area contributed by atoms with E-state index in [-0.39, 0.29) is 12.0 Å². The summed E-state index contributed by atoms with van der Waals surface area (Å²) in [4.78, 5) is 18.2. The number of carbonyl (C=O) groups is 1. The van der Waals surface area contributed by atoms with Crippen LogP contribution in [0.1, 0.15) is 36.5 Å². The van der Waals surface area contributed by atoms with Crippen LogP contribution in [-0.2, 0) is 11.3 Å². The molecule has 0 radical (unpaired) electrons. The van der Waals surface area contributed by atoms with Crippen LogP contribution in [0, 0.1) is 0 Å². The van der Waals surface area contributed by atoms with Gasteiger partial charge in [-0.3, -0.25) is 15.1 Å². The van der Waals surface area contributed by atoms with Gasteiger partial charge in [-0.2, -0.15) is 0 Å². The van der Waals surface area contributed by atoms with Crippen LogP contribution in [-0.4, -0.2) is 41.1 Å². The topological polar surface area (TPSA) is 80.5 Å². The number of morpholine rings is 1. The maximum Gasteiger partial charge on any atom is 0.283 e. The Morgan fingerprint density at radius 3 is 3.10 bits per heavy atom. The summed E-state index contributed by atoms with van der Waals surface area (Å²) in [5, 5.41) is 0. The summed E-state index contributed by atoms with van der Waals surface area (Å²) in [6.45, 7) is 6.58. The van der Waals surface area contributed by atoms with E-state index in [2.05, 4.69) is 29.2 Å². The Labute approximate surface area is 119 Å². The second-order valence-electron chi connectivity index (χ2n) is 5.12. The minimum absolute atomic E-state index is 0.230. The molecule has 6 nitrogen and oxygen atoms in total. The zero-order valence-electron chi connectivity index (χ0n) is 12.0. The molecule has 1 aromatic heterocycles. The van der Waals surface area contributed by atoms with Crippen LogP contribution in [0.15, 0.2) is 18.2 Å². The fraction of sp³-hybridized carbons (Fsp3) is 0.571. The molecule has 2 heterocycles. The van der Waals surface area contributed by atoms with Gasteiger partial charge in [-0.05, 0) is 25.5 Å². The van der Waals surface area contributed by atoms with Gasteiger partial charge in [0, 0.05) is 19.1 Å². The molecule has 3 N–H and O–H groups in total. The molecule has 1 amide bonds. The number of pyridine rings is 1. The minimum atomic E-state index is -0.366. The summed E-state index contributed by atoms with van der Waals surface area (Å²) in [5.74, 6) is 4.77. The Bertz CT molecular complexity index is 466. The van der Waals surface area contributed by atoms with E-state index in [4.69, 9.17) is 10.6 Å². The van der Waals surface area contributed by atoms with Crippen molar-refractivity contribution in [3.05, 3.63) is 29.6 Å². The van der Waals surface area contributed by atoms with Crippen molar-refractivity contribution in [2.45, 2.75) is 39.0 Å². The number of nitrogens with zero attached hydrogens (tertiary/aromatic N) is 2. The van der Waals surface area contributed by atoms with Crippen molar-refractivity contribution >= 4 is 5.91 Å². The van der Waals surface area contributed by atoms with Gasteiger partial charge in [-0.1, -0.05) is 13.0 Å². The van der Waals surface area contributed by atoms with Crippen molar-refractivity contribution < 1.29 is 9.53 Å². The molecule has 0 saturated carbocycles. The fourth-order valence-electron chi connectivity index (χ4n) is 2.46. The number of rotatable bonds is 4. The first-order valence-electron chi connectivity index (χ1n) is 6.96. The number of nitrogens with two attached hydrogens (primary N) is 1. The third kappa shape index (κ3) is 3.53. The van der Waals surface area contributed by atoms with E-state index in [0.717, 1.165) is 31.8 Å². The largest absolute Gasteiger partial charge is 0.376 e. The van der Waals surface area contributed by atoms with E-state index in [1.165, 1.54) is 0 Å². The molecule has 1 saturated heterocycles. The third-order valence-electron chi connectivity index (χ3n) is 3.59. The molecular formula is C14H22N4O2. The molecule has 0 spiro atoms. The Morgan fingerprint density at radius 1 is 1.60 bits per heavy atom. The number of hydrazine groups is 1. The van der Waals surface area contributed by atoms with Crippen LogP contribution in [0.4, 0.5) is 0 Å². The van der Waals surface area contributed by atoms with Gasteiger partial charge in [-0.25, -0.2) is 10.8 Å². The highest BCUT2D eigenvalue weighted by molar-refractivity contribution is 5.91. The van der Waals surface area contributed by atoms with Crippen LogP contribution in [0.2, 0.25) is 0 Å². The number of nitrogens with one attached hydrogen (secondary N) is 1. The molecule has 1 fully saturated rings. The average Bonchev–Trinajstić information content (AvgIpc) is 2.47. The number of hydrogen-bond donors (Lipinski definition) is 2. The van der Waals surface area contributed by atoms with Crippen molar-refractivity contribution in [3.8, 4) is 0 Å². The first-order chi connectivity index (χ1) is 9.63. The van der Waals surface area contributed by atoms with E-state index >= 15 is 0 Å². The lowest BCUT2D eigenvalue weighted by Gasteiger charge is -2.38. The van der Waals surface area contributed by atoms with E-state index in [9.17, 15) is 4.79 Å². The number of ether oxygens (including phenoxy) is 1. The molecule has 0 aromatic carbocycles. The summed E-state index contributed by atoms with van der Waals surface area (Å²) >= 11 is 0. The molecule has 0 aliphatic carbocycles. The highest BCUT2D eigenvalue weighted by atomic mass is 16.5. The highest BCUT2D eigenvalue weighted by Crippen LogP contribution is 2.17. The molecule has 1 aliphatic rings. The van der Waals surface area contributed by atoms with Gasteiger partial charge in [0.25, 0.3) is 5.91 Å². The summed E-state index contributed by atoms with van der Waals surface area (Å²) in [7, 11) is 0. The van der Waals surface area contributed by atoms with E-state index in [0.29, 0.717) is 11.7 Å². The lowest BCUT2D eigenvalue weighted by Crippen LogP contribution is -2.48. The summed E-state index contributed by atoms with van der Waals surface area (Å²) < 4.78 is 5.69. The smallest absolute Gasteiger partial charge is 0.283 e. The second kappa shape index (κ2) is 6.78. The summed E-state index contributed by atoms with van der Waals surface area (Å²) in [6, 6.07) is 5.82. The standard InChI is InChI=1S/C14H22N4O2/c1-3-12-9-20-10(2)7-18(12)8-11-5-4-6-13(16-11)14(19)17-15/h4-6,10,12H,3,7-9,15H2,1-2H3,(H,17,19). The maximum absolute atomic E-state index is 11.5.